The molecule has 0 heterocycles. The van der Waals surface area contributed by atoms with Gasteiger partial charge in [0, 0.05) is 12.8 Å². The summed E-state index contributed by atoms with van der Waals surface area (Å²) >= 11 is 0. The molecule has 4 aromatic rings. The quantitative estimate of drug-likeness (QED) is 0.0540. The molecule has 0 aliphatic heterocycles. The standard InChI is InChI=1S/C40H42O10/c1-3-5-27-45-31-15-11-29(12-16-31)39(43)49-35-23-19-33(20-24-35)47-37(41)9-7-8-10-38(42)48-34-21-25-36(26-22-34)50-40(44)30-13-17-32(18-14-30)46-28-6-4-2/h11-26H,3-10,27-28H2,1-2H3. The van der Waals surface area contributed by atoms with Crippen molar-refractivity contribution in [3.05, 3.63) is 108 Å². The minimum atomic E-state index is -0.516. The van der Waals surface area contributed by atoms with Crippen LogP contribution in [0.3, 0.4) is 0 Å². The van der Waals surface area contributed by atoms with Crippen molar-refractivity contribution in [2.24, 2.45) is 0 Å². The third kappa shape index (κ3) is 12.8. The molecule has 0 radical (unpaired) electrons. The average molecular weight is 683 g/mol. The SMILES string of the molecule is CCCCOc1ccc(C(=O)Oc2ccc(OC(=O)CCCCC(=O)Oc3ccc(OC(=O)c4ccc(OCCCC)cc4)cc3)cc2)cc1. The smallest absolute Gasteiger partial charge is 0.343 e. The Kier molecular flexibility index (Phi) is 14.9. The maximum absolute atomic E-state index is 12.5. The first-order valence-electron chi connectivity index (χ1n) is 16.8. The summed E-state index contributed by atoms with van der Waals surface area (Å²) in [6, 6.07) is 25.8. The zero-order chi connectivity index (χ0) is 35.6. The Balaban J connectivity index is 1.10. The van der Waals surface area contributed by atoms with Crippen molar-refractivity contribution in [2.75, 3.05) is 13.2 Å². The van der Waals surface area contributed by atoms with Crippen LogP contribution in [-0.2, 0) is 9.59 Å². The van der Waals surface area contributed by atoms with E-state index in [1.54, 1.807) is 72.8 Å². The lowest BCUT2D eigenvalue weighted by Gasteiger charge is -2.08. The Morgan fingerprint density at radius 3 is 1.02 bits per heavy atom. The second-order valence-corrected chi connectivity index (χ2v) is 11.3. The highest BCUT2D eigenvalue weighted by Crippen LogP contribution is 2.22. The molecule has 4 aromatic carbocycles. The first kappa shape index (κ1) is 37.2. The van der Waals surface area contributed by atoms with Gasteiger partial charge in [0.25, 0.3) is 0 Å². The van der Waals surface area contributed by atoms with E-state index >= 15 is 0 Å². The van der Waals surface area contributed by atoms with Gasteiger partial charge >= 0.3 is 23.9 Å². The van der Waals surface area contributed by atoms with Crippen molar-refractivity contribution < 1.29 is 47.6 Å². The van der Waals surface area contributed by atoms with Crippen LogP contribution >= 0.6 is 0 Å². The van der Waals surface area contributed by atoms with Crippen molar-refractivity contribution in [1.82, 2.24) is 0 Å². The van der Waals surface area contributed by atoms with Crippen molar-refractivity contribution in [3.63, 3.8) is 0 Å². The Hall–Kier alpha value is -5.64. The summed E-state index contributed by atoms with van der Waals surface area (Å²) in [4.78, 5) is 49.5. The van der Waals surface area contributed by atoms with E-state index in [0.717, 1.165) is 25.7 Å². The lowest BCUT2D eigenvalue weighted by atomic mass is 10.2. The number of rotatable bonds is 19. The number of ether oxygens (including phenoxy) is 6. The number of hydrogen-bond donors (Lipinski definition) is 0. The topological polar surface area (TPSA) is 124 Å². The summed E-state index contributed by atoms with van der Waals surface area (Å²) in [5, 5.41) is 0. The molecule has 10 heteroatoms. The summed E-state index contributed by atoms with van der Waals surface area (Å²) in [5.41, 5.74) is 0.768. The molecule has 0 spiro atoms. The van der Waals surface area contributed by atoms with Crippen LogP contribution in [0.4, 0.5) is 0 Å². The van der Waals surface area contributed by atoms with Gasteiger partial charge in [0.05, 0.1) is 24.3 Å². The third-order valence-corrected chi connectivity index (χ3v) is 7.26. The number of carbonyl (C=O) groups excluding carboxylic acids is 4. The maximum Gasteiger partial charge on any atom is 0.343 e. The van der Waals surface area contributed by atoms with Gasteiger partial charge in [0.2, 0.25) is 0 Å². The highest BCUT2D eigenvalue weighted by Gasteiger charge is 2.13. The van der Waals surface area contributed by atoms with Crippen molar-refractivity contribution in [3.8, 4) is 34.5 Å². The van der Waals surface area contributed by atoms with Crippen LogP contribution in [0.5, 0.6) is 34.5 Å². The predicted octanol–water partition coefficient (Wildman–Crippen LogP) is 8.55. The fraction of sp³-hybridized carbons (Fsp3) is 0.300. The number of benzene rings is 4. The fourth-order valence-electron chi connectivity index (χ4n) is 4.43. The van der Waals surface area contributed by atoms with Gasteiger partial charge in [-0.15, -0.1) is 0 Å². The Labute approximate surface area is 292 Å². The molecule has 0 bridgehead atoms. The fourth-order valence-corrected chi connectivity index (χ4v) is 4.43. The van der Waals surface area contributed by atoms with Gasteiger partial charge in [-0.2, -0.15) is 0 Å². The number of hydrogen-bond acceptors (Lipinski definition) is 10. The van der Waals surface area contributed by atoms with E-state index in [2.05, 4.69) is 13.8 Å². The number of esters is 4. The molecule has 0 N–H and O–H groups in total. The summed E-state index contributed by atoms with van der Waals surface area (Å²) < 4.78 is 32.7. The summed E-state index contributed by atoms with van der Waals surface area (Å²) in [6.07, 6.45) is 5.05. The number of unbranched alkanes of at least 4 members (excludes halogenated alkanes) is 3. The molecule has 0 saturated heterocycles. The Morgan fingerprint density at radius 2 is 0.700 bits per heavy atom. The molecule has 0 saturated carbocycles. The monoisotopic (exact) mass is 682 g/mol. The minimum Gasteiger partial charge on any atom is -0.494 e. The zero-order valence-corrected chi connectivity index (χ0v) is 28.4. The average Bonchev–Trinajstić information content (AvgIpc) is 3.12. The second kappa shape index (κ2) is 20.0. The van der Waals surface area contributed by atoms with Gasteiger partial charge in [0.15, 0.2) is 0 Å². The van der Waals surface area contributed by atoms with Gasteiger partial charge in [-0.1, -0.05) is 26.7 Å². The van der Waals surface area contributed by atoms with Gasteiger partial charge in [-0.3, -0.25) is 9.59 Å². The molecule has 0 unspecified atom stereocenters. The van der Waals surface area contributed by atoms with Gasteiger partial charge in [0.1, 0.15) is 34.5 Å². The molecule has 0 aromatic heterocycles. The van der Waals surface area contributed by atoms with Crippen LogP contribution in [-0.4, -0.2) is 37.1 Å². The summed E-state index contributed by atoms with van der Waals surface area (Å²) in [5.74, 6) is 0.674. The summed E-state index contributed by atoms with van der Waals surface area (Å²) in [7, 11) is 0. The minimum absolute atomic E-state index is 0.108. The van der Waals surface area contributed by atoms with E-state index < -0.39 is 23.9 Å². The zero-order valence-electron chi connectivity index (χ0n) is 28.4. The van der Waals surface area contributed by atoms with Crippen LogP contribution in [0, 0.1) is 0 Å². The first-order valence-corrected chi connectivity index (χ1v) is 16.8. The molecular formula is C40H42O10. The summed E-state index contributed by atoms with van der Waals surface area (Å²) in [6.45, 7) is 5.42. The molecule has 262 valence electrons. The van der Waals surface area contributed by atoms with Crippen molar-refractivity contribution in [1.29, 1.82) is 0 Å². The van der Waals surface area contributed by atoms with Crippen molar-refractivity contribution in [2.45, 2.75) is 65.2 Å². The number of carbonyl (C=O) groups is 4. The van der Waals surface area contributed by atoms with Crippen LogP contribution in [0.2, 0.25) is 0 Å². The first-order chi connectivity index (χ1) is 24.3. The highest BCUT2D eigenvalue weighted by atomic mass is 16.5. The van der Waals surface area contributed by atoms with E-state index in [1.807, 2.05) is 0 Å². The predicted molar refractivity (Wildman–Crippen MR) is 186 cm³/mol. The van der Waals surface area contributed by atoms with E-state index in [4.69, 9.17) is 28.4 Å². The third-order valence-electron chi connectivity index (χ3n) is 7.26. The molecule has 0 fully saturated rings. The molecule has 10 nitrogen and oxygen atoms in total. The second-order valence-electron chi connectivity index (χ2n) is 11.3. The van der Waals surface area contributed by atoms with Crippen LogP contribution in [0.15, 0.2) is 97.1 Å². The normalized spacial score (nSPS) is 10.5. The molecule has 4 rings (SSSR count). The van der Waals surface area contributed by atoms with Crippen LogP contribution in [0.1, 0.15) is 85.9 Å². The maximum atomic E-state index is 12.5. The molecule has 0 aliphatic carbocycles. The molecule has 0 atom stereocenters. The molecule has 0 aliphatic rings. The Bertz CT molecular complexity index is 1530. The van der Waals surface area contributed by atoms with Gasteiger partial charge < -0.3 is 28.4 Å². The Morgan fingerprint density at radius 1 is 0.400 bits per heavy atom. The lowest BCUT2D eigenvalue weighted by molar-refractivity contribution is -0.136. The van der Waals surface area contributed by atoms with E-state index in [9.17, 15) is 19.2 Å². The van der Waals surface area contributed by atoms with E-state index in [1.165, 1.54) is 24.3 Å². The van der Waals surface area contributed by atoms with Gasteiger partial charge in [-0.25, -0.2) is 9.59 Å². The molecular weight excluding hydrogens is 640 g/mol. The van der Waals surface area contributed by atoms with Gasteiger partial charge in [-0.05, 0) is 123 Å². The van der Waals surface area contributed by atoms with E-state index in [-0.39, 0.29) is 12.8 Å². The molecule has 0 amide bonds. The highest BCUT2D eigenvalue weighted by molar-refractivity contribution is 5.91. The largest absolute Gasteiger partial charge is 0.494 e. The van der Waals surface area contributed by atoms with Crippen LogP contribution in [0.25, 0.3) is 0 Å². The van der Waals surface area contributed by atoms with Crippen LogP contribution < -0.4 is 28.4 Å². The van der Waals surface area contributed by atoms with E-state index in [0.29, 0.717) is 71.7 Å². The van der Waals surface area contributed by atoms with Crippen molar-refractivity contribution >= 4 is 23.9 Å². The molecule has 50 heavy (non-hydrogen) atoms. The lowest BCUT2D eigenvalue weighted by Crippen LogP contribution is -2.11.